The van der Waals surface area contributed by atoms with Gasteiger partial charge in [0.25, 0.3) is 10.0 Å². The molecular weight excluding hydrogens is 529 g/mol. The number of ether oxygens (including phenoxy) is 2. The van der Waals surface area contributed by atoms with E-state index in [0.29, 0.717) is 22.8 Å². The van der Waals surface area contributed by atoms with Gasteiger partial charge in [-0.2, -0.15) is 8.96 Å². The van der Waals surface area contributed by atoms with Crippen molar-refractivity contribution in [2.24, 2.45) is 0 Å². The van der Waals surface area contributed by atoms with Gasteiger partial charge in [-0.3, -0.25) is 4.98 Å². The predicted octanol–water partition coefficient (Wildman–Crippen LogP) is 2.66. The molecule has 13 heteroatoms. The zero-order valence-electron chi connectivity index (χ0n) is 19.9. The average molecular weight is 554 g/mol. The monoisotopic (exact) mass is 553 g/mol. The molecule has 0 aliphatic carbocycles. The van der Waals surface area contributed by atoms with Crippen LogP contribution in [0, 0.1) is 13.8 Å². The number of benzene rings is 2. The summed E-state index contributed by atoms with van der Waals surface area (Å²) in [5, 5.41) is 9.12. The van der Waals surface area contributed by atoms with Gasteiger partial charge >= 0.3 is 40.7 Å². The molecule has 1 N–H and O–H groups in total. The van der Waals surface area contributed by atoms with Crippen LogP contribution in [-0.2, 0) is 27.0 Å². The molecule has 0 radical (unpaired) electrons. The first-order chi connectivity index (χ1) is 17.1. The SMILES string of the molecule is COc1ccc2nc([S+]([O-])Cc3ncc(C)c(OC)c3C)n(S(=O)(=O)c3cccc(C(=O)O)c3)c2c1.[NaH]. The first-order valence-corrected chi connectivity index (χ1v) is 13.4. The summed E-state index contributed by atoms with van der Waals surface area (Å²) in [6, 6.07) is 9.59. The van der Waals surface area contributed by atoms with Crippen molar-refractivity contribution in [3.63, 3.8) is 0 Å². The number of methoxy groups -OCH3 is 2. The van der Waals surface area contributed by atoms with Crippen LogP contribution in [0.15, 0.2) is 58.7 Å². The normalized spacial score (nSPS) is 12.1. The summed E-state index contributed by atoms with van der Waals surface area (Å²) in [6.45, 7) is 3.62. The van der Waals surface area contributed by atoms with Crippen molar-refractivity contribution in [3.8, 4) is 11.5 Å². The Morgan fingerprint density at radius 2 is 1.86 bits per heavy atom. The van der Waals surface area contributed by atoms with Gasteiger partial charge in [0, 0.05) is 34.6 Å². The van der Waals surface area contributed by atoms with Crippen LogP contribution < -0.4 is 9.47 Å². The molecule has 37 heavy (non-hydrogen) atoms. The molecule has 0 aliphatic heterocycles. The Balaban J connectivity index is 0.00000380. The van der Waals surface area contributed by atoms with E-state index < -0.39 is 27.2 Å². The third kappa shape index (κ3) is 5.49. The summed E-state index contributed by atoms with van der Waals surface area (Å²) < 4.78 is 52.7. The van der Waals surface area contributed by atoms with Crippen LogP contribution in [-0.4, -0.2) is 81.8 Å². The number of rotatable bonds is 8. The Hall–Kier alpha value is -2.61. The molecule has 2 aromatic carbocycles. The average Bonchev–Trinajstić information content (AvgIpc) is 3.26. The van der Waals surface area contributed by atoms with Gasteiger partial charge in [0.1, 0.15) is 11.5 Å². The minimum absolute atomic E-state index is 0. The Bertz CT molecular complexity index is 1590. The second-order valence-corrected chi connectivity index (χ2v) is 11.0. The van der Waals surface area contributed by atoms with Crippen molar-refractivity contribution in [2.75, 3.05) is 14.2 Å². The third-order valence-corrected chi connectivity index (χ3v) is 8.66. The molecule has 0 aliphatic rings. The molecule has 1 unspecified atom stereocenters. The molecule has 0 spiro atoms. The van der Waals surface area contributed by atoms with Crippen LogP contribution in [0.5, 0.6) is 11.5 Å². The van der Waals surface area contributed by atoms with E-state index in [0.717, 1.165) is 15.6 Å². The van der Waals surface area contributed by atoms with Gasteiger partial charge in [0.05, 0.1) is 41.4 Å². The molecule has 0 saturated heterocycles. The van der Waals surface area contributed by atoms with Gasteiger partial charge < -0.3 is 19.1 Å². The number of carbonyl (C=O) groups is 1. The molecular formula is C24H24N3NaO7S2. The summed E-state index contributed by atoms with van der Waals surface area (Å²) in [7, 11) is -1.44. The van der Waals surface area contributed by atoms with E-state index >= 15 is 0 Å². The van der Waals surface area contributed by atoms with E-state index in [1.54, 1.807) is 25.3 Å². The minimum atomic E-state index is -4.40. The number of carboxylic acid groups (broad SMARTS) is 1. The number of imidazole rings is 1. The summed E-state index contributed by atoms with van der Waals surface area (Å²) >= 11 is -1.95. The van der Waals surface area contributed by atoms with Crippen LogP contribution in [0.1, 0.15) is 27.2 Å². The topological polar surface area (TPSA) is 144 Å². The molecule has 0 fully saturated rings. The third-order valence-electron chi connectivity index (χ3n) is 5.63. The fourth-order valence-corrected chi connectivity index (χ4v) is 6.90. The zero-order valence-corrected chi connectivity index (χ0v) is 21.5. The zero-order chi connectivity index (χ0) is 26.2. The Kier molecular flexibility index (Phi) is 8.93. The maximum absolute atomic E-state index is 13.8. The molecule has 0 amide bonds. The van der Waals surface area contributed by atoms with Crippen molar-refractivity contribution < 1.29 is 32.3 Å². The van der Waals surface area contributed by atoms with Crippen molar-refractivity contribution in [3.05, 3.63) is 71.0 Å². The van der Waals surface area contributed by atoms with Crippen LogP contribution in [0.2, 0.25) is 0 Å². The van der Waals surface area contributed by atoms with Crippen LogP contribution >= 0.6 is 0 Å². The fraction of sp³-hybridized carbons (Fsp3) is 0.208. The van der Waals surface area contributed by atoms with Crippen LogP contribution in [0.3, 0.4) is 0 Å². The number of hydrogen-bond acceptors (Lipinski definition) is 8. The molecule has 4 aromatic rings. The van der Waals surface area contributed by atoms with Gasteiger partial charge in [-0.1, -0.05) is 6.07 Å². The molecule has 0 bridgehead atoms. The number of nitrogens with zero attached hydrogens (tertiary/aromatic N) is 3. The molecule has 10 nitrogen and oxygen atoms in total. The van der Waals surface area contributed by atoms with Crippen LogP contribution in [0.4, 0.5) is 0 Å². The summed E-state index contributed by atoms with van der Waals surface area (Å²) in [4.78, 5) is 19.9. The molecule has 2 aromatic heterocycles. The quantitative estimate of drug-likeness (QED) is 0.257. The summed E-state index contributed by atoms with van der Waals surface area (Å²) in [5.74, 6) is -0.416. The molecule has 4 rings (SSSR count). The van der Waals surface area contributed by atoms with Crippen molar-refractivity contribution >= 4 is 67.8 Å². The Labute approximate surface area is 239 Å². The molecule has 2 heterocycles. The fourth-order valence-electron chi connectivity index (χ4n) is 3.81. The van der Waals surface area contributed by atoms with Gasteiger partial charge in [-0.05, 0) is 44.2 Å². The van der Waals surface area contributed by atoms with Gasteiger partial charge in [-0.25, -0.2) is 13.2 Å². The van der Waals surface area contributed by atoms with Gasteiger partial charge in [0.15, 0.2) is 5.75 Å². The van der Waals surface area contributed by atoms with Crippen LogP contribution in [0.25, 0.3) is 11.0 Å². The number of hydrogen-bond donors (Lipinski definition) is 1. The second kappa shape index (κ2) is 11.4. The first kappa shape index (κ1) is 29.0. The number of fused-ring (bicyclic) bond motifs is 1. The Morgan fingerprint density at radius 1 is 1.14 bits per heavy atom. The Morgan fingerprint density at radius 3 is 2.51 bits per heavy atom. The van der Waals surface area contributed by atoms with E-state index in [1.165, 1.54) is 38.5 Å². The van der Waals surface area contributed by atoms with E-state index in [9.17, 15) is 22.9 Å². The van der Waals surface area contributed by atoms with E-state index in [1.807, 2.05) is 6.92 Å². The van der Waals surface area contributed by atoms with E-state index in [4.69, 9.17) is 9.47 Å². The second-order valence-electron chi connectivity index (χ2n) is 7.89. The van der Waals surface area contributed by atoms with Gasteiger partial charge in [0.2, 0.25) is 0 Å². The summed E-state index contributed by atoms with van der Waals surface area (Å²) in [5.41, 5.74) is 2.19. The van der Waals surface area contributed by atoms with Crippen molar-refractivity contribution in [2.45, 2.75) is 29.7 Å². The first-order valence-electron chi connectivity index (χ1n) is 10.6. The van der Waals surface area contributed by atoms with Gasteiger partial charge in [-0.15, -0.1) is 0 Å². The van der Waals surface area contributed by atoms with E-state index in [-0.39, 0.29) is 62.0 Å². The summed E-state index contributed by atoms with van der Waals surface area (Å²) in [6.07, 6.45) is 1.60. The maximum atomic E-state index is 13.8. The number of aromatic carboxylic acids is 1. The number of pyridine rings is 1. The predicted molar refractivity (Wildman–Crippen MR) is 140 cm³/mol. The number of aryl methyl sites for hydroxylation is 1. The number of aromatic nitrogens is 3. The number of carboxylic acids is 1. The standard InChI is InChI=1S/C24H23N3O7S2.Na.H/c1-14-12-25-20(15(2)22(14)34-4)13-35(30)24-26-19-9-8-17(33-3)11-21(19)27(24)36(31,32)18-7-5-6-16(10-18)23(28)29;;/h5-12H,13H2,1-4H3,(H,28,29);;. The molecule has 0 saturated carbocycles. The molecule has 190 valence electrons. The molecule has 1 atom stereocenters. The van der Waals surface area contributed by atoms with Crippen molar-refractivity contribution in [1.29, 1.82) is 0 Å². The van der Waals surface area contributed by atoms with Crippen molar-refractivity contribution in [1.82, 2.24) is 13.9 Å². The van der Waals surface area contributed by atoms with E-state index in [2.05, 4.69) is 9.97 Å².